The van der Waals surface area contributed by atoms with Crippen LogP contribution in [0.5, 0.6) is 0 Å². The maximum Gasteiger partial charge on any atom is 0.317 e. The van der Waals surface area contributed by atoms with Crippen LogP contribution in [0.3, 0.4) is 0 Å². The van der Waals surface area contributed by atoms with Crippen molar-refractivity contribution in [3.05, 3.63) is 0 Å². The molecule has 0 aromatic heterocycles. The maximum atomic E-state index is 12.3. The number of hydrogen-bond donors (Lipinski definition) is 2. The normalized spacial score (nSPS) is 17.5. The molecule has 1 rings (SSSR count). The first-order chi connectivity index (χ1) is 9.90. The molecule has 0 aromatic carbocycles. The fourth-order valence-corrected chi connectivity index (χ4v) is 2.68. The number of piperidine rings is 1. The summed E-state index contributed by atoms with van der Waals surface area (Å²) in [4.78, 5) is 26.9. The average molecular weight is 299 g/mol. The number of likely N-dealkylation sites (tertiary alicyclic amines) is 1. The molecule has 1 fully saturated rings. The highest BCUT2D eigenvalue weighted by atomic mass is 16.4. The molecule has 0 bridgehead atoms. The highest BCUT2D eigenvalue weighted by Gasteiger charge is 2.21. The molecule has 0 radical (unpaired) electrons. The van der Waals surface area contributed by atoms with Gasteiger partial charge in [-0.2, -0.15) is 0 Å². The Morgan fingerprint density at radius 3 is 2.33 bits per heavy atom. The van der Waals surface area contributed by atoms with E-state index in [0.717, 1.165) is 19.6 Å². The largest absolute Gasteiger partial charge is 0.481 e. The number of amides is 2. The van der Waals surface area contributed by atoms with Gasteiger partial charge in [-0.25, -0.2) is 4.79 Å². The fraction of sp³-hybridized carbons (Fsp3) is 0.867. The minimum atomic E-state index is -0.880. The summed E-state index contributed by atoms with van der Waals surface area (Å²) < 4.78 is 0. The van der Waals surface area contributed by atoms with Gasteiger partial charge in [-0.05, 0) is 46.7 Å². The van der Waals surface area contributed by atoms with E-state index in [0.29, 0.717) is 0 Å². The summed E-state index contributed by atoms with van der Waals surface area (Å²) in [5, 5.41) is 11.7. The van der Waals surface area contributed by atoms with E-state index in [4.69, 9.17) is 5.11 Å². The van der Waals surface area contributed by atoms with E-state index < -0.39 is 5.97 Å². The van der Waals surface area contributed by atoms with Gasteiger partial charge in [-0.1, -0.05) is 6.42 Å². The van der Waals surface area contributed by atoms with Gasteiger partial charge >= 0.3 is 12.0 Å². The van der Waals surface area contributed by atoms with Crippen LogP contribution in [0.1, 0.15) is 46.5 Å². The molecule has 0 saturated carbocycles. The maximum absolute atomic E-state index is 12.3. The molecule has 1 aliphatic rings. The second-order valence-corrected chi connectivity index (χ2v) is 6.14. The molecule has 1 aliphatic heterocycles. The van der Waals surface area contributed by atoms with Crippen molar-refractivity contribution in [3.8, 4) is 0 Å². The van der Waals surface area contributed by atoms with Gasteiger partial charge in [0.05, 0.1) is 6.42 Å². The van der Waals surface area contributed by atoms with Crippen LogP contribution in [0.25, 0.3) is 0 Å². The van der Waals surface area contributed by atoms with Crippen molar-refractivity contribution < 1.29 is 14.7 Å². The molecule has 2 amide bonds. The van der Waals surface area contributed by atoms with E-state index in [1.807, 2.05) is 20.8 Å². The quantitative estimate of drug-likeness (QED) is 0.751. The zero-order valence-corrected chi connectivity index (χ0v) is 13.5. The predicted molar refractivity (Wildman–Crippen MR) is 82.4 cm³/mol. The van der Waals surface area contributed by atoms with Crippen molar-refractivity contribution in [2.24, 2.45) is 0 Å². The van der Waals surface area contributed by atoms with E-state index in [1.165, 1.54) is 19.3 Å². The van der Waals surface area contributed by atoms with Crippen molar-refractivity contribution >= 4 is 12.0 Å². The molecule has 1 heterocycles. The molecular weight excluding hydrogens is 270 g/mol. The number of carbonyl (C=O) groups excluding carboxylic acids is 1. The Hall–Kier alpha value is -1.30. The number of rotatable bonds is 7. The molecule has 1 unspecified atom stereocenters. The third-order valence-corrected chi connectivity index (χ3v) is 3.80. The Kier molecular flexibility index (Phi) is 7.50. The van der Waals surface area contributed by atoms with Crippen molar-refractivity contribution in [3.63, 3.8) is 0 Å². The monoisotopic (exact) mass is 299 g/mol. The Morgan fingerprint density at radius 2 is 1.81 bits per heavy atom. The summed E-state index contributed by atoms with van der Waals surface area (Å²) in [5.41, 5.74) is 0. The molecule has 6 nitrogen and oxygen atoms in total. The van der Waals surface area contributed by atoms with Gasteiger partial charge < -0.3 is 20.2 Å². The van der Waals surface area contributed by atoms with Crippen LogP contribution in [0.4, 0.5) is 4.79 Å². The van der Waals surface area contributed by atoms with Gasteiger partial charge in [0.2, 0.25) is 0 Å². The smallest absolute Gasteiger partial charge is 0.317 e. The number of carboxylic acids is 1. The molecule has 6 heteroatoms. The van der Waals surface area contributed by atoms with Gasteiger partial charge in [-0.15, -0.1) is 0 Å². The van der Waals surface area contributed by atoms with Crippen LogP contribution in [-0.2, 0) is 4.79 Å². The standard InChI is InChI=1S/C15H29N3O3/c1-12(2)18(10-7-14(19)20)15(21)16-13(3)11-17-8-5-4-6-9-17/h12-13H,4-11H2,1-3H3,(H,16,21)(H,19,20). The Balaban J connectivity index is 2.41. The second kappa shape index (κ2) is 8.87. The molecule has 0 aromatic rings. The number of nitrogens with zero attached hydrogens (tertiary/aromatic N) is 2. The van der Waals surface area contributed by atoms with Crippen LogP contribution in [0.2, 0.25) is 0 Å². The highest BCUT2D eigenvalue weighted by Crippen LogP contribution is 2.09. The lowest BCUT2D eigenvalue weighted by atomic mass is 10.1. The Bertz CT molecular complexity index is 341. The van der Waals surface area contributed by atoms with Gasteiger partial charge in [0, 0.05) is 25.2 Å². The first-order valence-corrected chi connectivity index (χ1v) is 7.91. The van der Waals surface area contributed by atoms with Gasteiger partial charge in [-0.3, -0.25) is 4.79 Å². The number of carboxylic acid groups (broad SMARTS) is 1. The van der Waals surface area contributed by atoms with Crippen LogP contribution in [0, 0.1) is 0 Å². The Labute approximate surface area is 127 Å². The van der Waals surface area contributed by atoms with Crippen LogP contribution in [0.15, 0.2) is 0 Å². The van der Waals surface area contributed by atoms with Gasteiger partial charge in [0.1, 0.15) is 0 Å². The number of hydrogen-bond acceptors (Lipinski definition) is 3. The molecule has 122 valence electrons. The zero-order chi connectivity index (χ0) is 15.8. The minimum Gasteiger partial charge on any atom is -0.481 e. The van der Waals surface area contributed by atoms with Crippen LogP contribution >= 0.6 is 0 Å². The first kappa shape index (κ1) is 17.8. The van der Waals surface area contributed by atoms with E-state index in [-0.39, 0.29) is 31.1 Å². The van der Waals surface area contributed by atoms with E-state index in [1.54, 1.807) is 4.90 Å². The van der Waals surface area contributed by atoms with Crippen molar-refractivity contribution in [2.45, 2.75) is 58.5 Å². The minimum absolute atomic E-state index is 0.00784. The van der Waals surface area contributed by atoms with Crippen molar-refractivity contribution in [1.29, 1.82) is 0 Å². The molecule has 0 spiro atoms. The first-order valence-electron chi connectivity index (χ1n) is 7.91. The average Bonchev–Trinajstić information content (AvgIpc) is 2.38. The number of nitrogens with one attached hydrogen (secondary N) is 1. The second-order valence-electron chi connectivity index (χ2n) is 6.14. The zero-order valence-electron chi connectivity index (χ0n) is 13.5. The number of aliphatic carboxylic acids is 1. The van der Waals surface area contributed by atoms with E-state index in [9.17, 15) is 9.59 Å². The highest BCUT2D eigenvalue weighted by molar-refractivity contribution is 5.75. The molecule has 21 heavy (non-hydrogen) atoms. The predicted octanol–water partition coefficient (Wildman–Crippen LogP) is 1.76. The lowest BCUT2D eigenvalue weighted by Crippen LogP contribution is -2.50. The molecule has 0 aliphatic carbocycles. The van der Waals surface area contributed by atoms with E-state index >= 15 is 0 Å². The SMILES string of the molecule is CC(CN1CCCCC1)NC(=O)N(CCC(=O)O)C(C)C. The number of urea groups is 1. The fourth-order valence-electron chi connectivity index (χ4n) is 2.68. The molecule has 1 saturated heterocycles. The summed E-state index contributed by atoms with van der Waals surface area (Å²) in [6.45, 7) is 9.11. The lowest BCUT2D eigenvalue weighted by molar-refractivity contribution is -0.137. The van der Waals surface area contributed by atoms with Crippen LogP contribution in [-0.4, -0.2) is 65.2 Å². The van der Waals surface area contributed by atoms with Crippen LogP contribution < -0.4 is 5.32 Å². The number of carbonyl (C=O) groups is 2. The summed E-state index contributed by atoms with van der Waals surface area (Å²) >= 11 is 0. The van der Waals surface area contributed by atoms with E-state index in [2.05, 4.69) is 10.2 Å². The summed E-state index contributed by atoms with van der Waals surface area (Å²) in [5.74, 6) is -0.880. The van der Waals surface area contributed by atoms with Gasteiger partial charge in [0.25, 0.3) is 0 Å². The Morgan fingerprint density at radius 1 is 1.19 bits per heavy atom. The molecular formula is C15H29N3O3. The molecule has 2 N–H and O–H groups in total. The topological polar surface area (TPSA) is 72.9 Å². The third kappa shape index (κ3) is 6.80. The third-order valence-electron chi connectivity index (χ3n) is 3.80. The summed E-state index contributed by atoms with van der Waals surface area (Å²) in [6, 6.07) is -0.107. The lowest BCUT2D eigenvalue weighted by Gasteiger charge is -2.32. The summed E-state index contributed by atoms with van der Waals surface area (Å²) in [6.07, 6.45) is 3.74. The molecule has 1 atom stereocenters. The van der Waals surface area contributed by atoms with Gasteiger partial charge in [0.15, 0.2) is 0 Å². The summed E-state index contributed by atoms with van der Waals surface area (Å²) in [7, 11) is 0. The van der Waals surface area contributed by atoms with Crippen molar-refractivity contribution in [1.82, 2.24) is 15.1 Å². The van der Waals surface area contributed by atoms with Crippen molar-refractivity contribution in [2.75, 3.05) is 26.2 Å².